The van der Waals surface area contributed by atoms with Crippen LogP contribution in [0.4, 0.5) is 26.3 Å². The summed E-state index contributed by atoms with van der Waals surface area (Å²) >= 11 is 0. The SMILES string of the molecule is C=c1ccc(/C=C(\C)C(=NCCCCO)NC(C)=O)c/c1=C/N(C)Cc1ccc(C(F)(F)F)cc1C(F)(F)F. The molecule has 2 N–H and O–H groups in total. The van der Waals surface area contributed by atoms with Gasteiger partial charge in [0.05, 0.1) is 11.1 Å². The highest BCUT2D eigenvalue weighted by molar-refractivity contribution is 6.09. The van der Waals surface area contributed by atoms with Crippen LogP contribution in [-0.2, 0) is 23.7 Å². The first-order chi connectivity index (χ1) is 18.1. The number of aliphatic imine (C=N–C) groups is 1. The van der Waals surface area contributed by atoms with E-state index in [1.807, 2.05) is 0 Å². The number of amides is 1. The Morgan fingerprint density at radius 1 is 1.05 bits per heavy atom. The highest BCUT2D eigenvalue weighted by Crippen LogP contribution is 2.37. The molecule has 0 radical (unpaired) electrons. The summed E-state index contributed by atoms with van der Waals surface area (Å²) < 4.78 is 79.5. The Balaban J connectivity index is 2.39. The van der Waals surface area contributed by atoms with Crippen molar-refractivity contribution in [3.05, 3.63) is 74.7 Å². The molecule has 0 saturated heterocycles. The Bertz CT molecular complexity index is 1330. The Morgan fingerprint density at radius 3 is 2.33 bits per heavy atom. The van der Waals surface area contributed by atoms with E-state index in [0.717, 1.165) is 6.07 Å². The highest BCUT2D eigenvalue weighted by atomic mass is 19.4. The van der Waals surface area contributed by atoms with Gasteiger partial charge in [-0.05, 0) is 71.2 Å². The Kier molecular flexibility index (Phi) is 10.9. The van der Waals surface area contributed by atoms with E-state index in [-0.39, 0.29) is 30.7 Å². The molecule has 0 saturated carbocycles. The van der Waals surface area contributed by atoms with E-state index in [1.54, 1.807) is 37.4 Å². The van der Waals surface area contributed by atoms with Crippen LogP contribution in [0.5, 0.6) is 0 Å². The zero-order valence-electron chi connectivity index (χ0n) is 21.9. The molecule has 5 nitrogen and oxygen atoms in total. The number of unbranched alkanes of at least 4 members (excludes halogenated alkanes) is 1. The minimum absolute atomic E-state index is 0.0430. The maximum atomic E-state index is 13.5. The molecule has 0 aliphatic carbocycles. The van der Waals surface area contributed by atoms with Crippen LogP contribution in [-0.4, -0.2) is 41.9 Å². The molecule has 0 bridgehead atoms. The molecular weight excluding hydrogens is 524 g/mol. The van der Waals surface area contributed by atoms with Crippen LogP contribution < -0.4 is 15.8 Å². The molecule has 0 aromatic heterocycles. The number of carbonyl (C=O) groups is 1. The van der Waals surface area contributed by atoms with Crippen LogP contribution in [0.3, 0.4) is 0 Å². The summed E-state index contributed by atoms with van der Waals surface area (Å²) in [5.74, 6) is 0.0812. The molecule has 11 heteroatoms. The van der Waals surface area contributed by atoms with Gasteiger partial charge in [0.25, 0.3) is 0 Å². The second-order valence-corrected chi connectivity index (χ2v) is 9.04. The van der Waals surface area contributed by atoms with Gasteiger partial charge >= 0.3 is 12.4 Å². The number of aliphatic hydroxyl groups excluding tert-OH is 1. The number of amidine groups is 1. The van der Waals surface area contributed by atoms with E-state index in [2.05, 4.69) is 16.9 Å². The number of benzene rings is 2. The smallest absolute Gasteiger partial charge is 0.396 e. The minimum Gasteiger partial charge on any atom is -0.396 e. The van der Waals surface area contributed by atoms with Gasteiger partial charge in [0, 0.05) is 39.9 Å². The summed E-state index contributed by atoms with van der Waals surface area (Å²) in [5.41, 5.74) is -1.65. The van der Waals surface area contributed by atoms with Crippen LogP contribution in [0.2, 0.25) is 0 Å². The molecule has 0 atom stereocenters. The third-order valence-electron chi connectivity index (χ3n) is 5.58. The monoisotopic (exact) mass is 555 g/mol. The number of rotatable bonds is 9. The molecular formula is C28H31F6N3O2. The molecule has 0 spiro atoms. The predicted molar refractivity (Wildman–Crippen MR) is 140 cm³/mol. The van der Waals surface area contributed by atoms with E-state index in [1.165, 1.54) is 18.9 Å². The first-order valence-electron chi connectivity index (χ1n) is 12.0. The lowest BCUT2D eigenvalue weighted by atomic mass is 10.0. The molecule has 2 aromatic rings. The molecule has 0 heterocycles. The maximum Gasteiger partial charge on any atom is 0.416 e. The quantitative estimate of drug-likeness (QED) is 0.204. The minimum atomic E-state index is -4.96. The van der Waals surface area contributed by atoms with Crippen LogP contribution in [0.15, 0.2) is 47.0 Å². The zero-order valence-corrected chi connectivity index (χ0v) is 21.9. The standard InChI is InChI=1S/C28H31F6N3O2/c1-18-7-8-21(13-19(2)26(36-20(3)39)35-11-5-6-12-38)14-23(18)17-37(4)16-22-9-10-24(27(29,30)31)15-25(22)28(32,33)34/h7-10,13-15,17,38H,1,5-6,11-12,16H2,2-4H3,(H,35,36,39)/b19-13+,23-17-. The van der Waals surface area contributed by atoms with E-state index >= 15 is 0 Å². The van der Waals surface area contributed by atoms with E-state index in [0.29, 0.717) is 52.9 Å². The van der Waals surface area contributed by atoms with Crippen LogP contribution in [0.25, 0.3) is 18.9 Å². The lowest BCUT2D eigenvalue weighted by Gasteiger charge is -2.20. The van der Waals surface area contributed by atoms with Crippen molar-refractivity contribution in [3.8, 4) is 0 Å². The van der Waals surface area contributed by atoms with Gasteiger partial charge in [-0.15, -0.1) is 0 Å². The van der Waals surface area contributed by atoms with Crippen LogP contribution in [0, 0.1) is 0 Å². The van der Waals surface area contributed by atoms with Crippen molar-refractivity contribution in [2.24, 2.45) is 4.99 Å². The van der Waals surface area contributed by atoms with Gasteiger partial charge < -0.3 is 15.3 Å². The fourth-order valence-corrected chi connectivity index (χ4v) is 3.69. The van der Waals surface area contributed by atoms with Crippen molar-refractivity contribution in [3.63, 3.8) is 0 Å². The number of hydrogen-bond acceptors (Lipinski definition) is 4. The summed E-state index contributed by atoms with van der Waals surface area (Å²) in [6.45, 7) is 7.22. The number of alkyl halides is 6. The van der Waals surface area contributed by atoms with Gasteiger partial charge in [-0.25, -0.2) is 0 Å². The Morgan fingerprint density at radius 2 is 1.74 bits per heavy atom. The Labute approximate surface area is 222 Å². The molecule has 2 aromatic carbocycles. The number of halogens is 6. The van der Waals surface area contributed by atoms with Crippen molar-refractivity contribution in [1.29, 1.82) is 0 Å². The number of aliphatic hydroxyl groups is 1. The predicted octanol–water partition coefficient (Wildman–Crippen LogP) is 4.71. The summed E-state index contributed by atoms with van der Waals surface area (Å²) in [6.07, 6.45) is -5.30. The lowest BCUT2D eigenvalue weighted by Crippen LogP contribution is -2.29. The topological polar surface area (TPSA) is 64.9 Å². The molecule has 2 rings (SSSR count). The summed E-state index contributed by atoms with van der Waals surface area (Å²) in [5, 5.41) is 12.8. The van der Waals surface area contributed by atoms with Gasteiger partial charge in [-0.2, -0.15) is 26.3 Å². The first-order valence-corrected chi connectivity index (χ1v) is 12.0. The molecule has 0 fully saturated rings. The third-order valence-corrected chi connectivity index (χ3v) is 5.58. The first kappa shape index (κ1) is 31.6. The van der Waals surface area contributed by atoms with Gasteiger partial charge in [0.15, 0.2) is 0 Å². The van der Waals surface area contributed by atoms with Gasteiger partial charge in [-0.3, -0.25) is 9.79 Å². The normalized spacial score (nSPS) is 13.5. The third kappa shape index (κ3) is 9.90. The van der Waals surface area contributed by atoms with Crippen molar-refractivity contribution < 1.29 is 36.2 Å². The number of hydrogen-bond donors (Lipinski definition) is 2. The zero-order chi connectivity index (χ0) is 29.4. The fraction of sp³-hybridized carbons (Fsp3) is 0.357. The second kappa shape index (κ2) is 13.5. The average Bonchev–Trinajstić information content (AvgIpc) is 2.81. The van der Waals surface area contributed by atoms with Gasteiger partial charge in [0.2, 0.25) is 5.91 Å². The van der Waals surface area contributed by atoms with Crippen LogP contribution >= 0.6 is 0 Å². The Hall–Kier alpha value is -3.60. The van der Waals surface area contributed by atoms with E-state index in [4.69, 9.17) is 5.11 Å². The summed E-state index contributed by atoms with van der Waals surface area (Å²) in [4.78, 5) is 17.5. The van der Waals surface area contributed by atoms with Crippen molar-refractivity contribution in [2.75, 3.05) is 20.2 Å². The lowest BCUT2D eigenvalue weighted by molar-refractivity contribution is -0.143. The summed E-state index contributed by atoms with van der Waals surface area (Å²) in [7, 11) is 1.51. The van der Waals surface area contributed by atoms with Gasteiger partial charge in [-0.1, -0.05) is 24.8 Å². The molecule has 0 aliphatic heterocycles. The average molecular weight is 556 g/mol. The molecule has 0 unspecified atom stereocenters. The molecule has 1 amide bonds. The van der Waals surface area contributed by atoms with E-state index in [9.17, 15) is 31.1 Å². The molecule has 39 heavy (non-hydrogen) atoms. The highest BCUT2D eigenvalue weighted by Gasteiger charge is 2.38. The van der Waals surface area contributed by atoms with Crippen molar-refractivity contribution in [1.82, 2.24) is 10.2 Å². The van der Waals surface area contributed by atoms with Crippen LogP contribution in [0.1, 0.15) is 48.9 Å². The molecule has 212 valence electrons. The number of nitrogens with one attached hydrogen (secondary N) is 1. The van der Waals surface area contributed by atoms with Gasteiger partial charge in [0.1, 0.15) is 5.84 Å². The summed E-state index contributed by atoms with van der Waals surface area (Å²) in [6, 6.07) is 6.84. The largest absolute Gasteiger partial charge is 0.416 e. The number of carbonyl (C=O) groups excluding carboxylic acids is 1. The van der Waals surface area contributed by atoms with Crippen molar-refractivity contribution >= 4 is 30.6 Å². The maximum absolute atomic E-state index is 13.5. The van der Waals surface area contributed by atoms with E-state index < -0.39 is 23.5 Å². The second-order valence-electron chi connectivity index (χ2n) is 9.04. The van der Waals surface area contributed by atoms with Crippen molar-refractivity contribution in [2.45, 2.75) is 45.6 Å². The fourth-order valence-electron chi connectivity index (χ4n) is 3.69. The molecule has 0 aliphatic rings. The number of nitrogens with zero attached hydrogens (tertiary/aromatic N) is 2.